The Morgan fingerprint density at radius 2 is 2.23 bits per heavy atom. The molecule has 0 aromatic heterocycles. The Hall–Kier alpha value is -1.39. The van der Waals surface area contributed by atoms with Gasteiger partial charge >= 0.3 is 0 Å². The lowest BCUT2D eigenvalue weighted by molar-refractivity contribution is -0.133. The molecule has 1 aliphatic heterocycles. The number of hydrogen-bond donors (Lipinski definition) is 3. The van der Waals surface area contributed by atoms with E-state index in [-0.39, 0.29) is 11.8 Å². The van der Waals surface area contributed by atoms with E-state index in [1.807, 2.05) is 0 Å². The first-order chi connectivity index (χ1) is 10.8. The average Bonchev–Trinajstić information content (AvgIpc) is 2.59. The number of carbonyl (C=O) groups is 1. The van der Waals surface area contributed by atoms with Crippen LogP contribution in [0.25, 0.3) is 0 Å². The van der Waals surface area contributed by atoms with Gasteiger partial charge in [-0.15, -0.1) is 0 Å². The molecule has 1 amide bonds. The van der Waals surface area contributed by atoms with Crippen molar-refractivity contribution in [3.63, 3.8) is 0 Å². The highest BCUT2D eigenvalue weighted by molar-refractivity contribution is 5.78. The standard InChI is InChI=1S/C18H26N2O2/c21-18(20-22)17-8-7-15-10-13(5-6-16(15)11-17)3-4-14-2-1-9-19-12-14/h5-6,10,14,17,19,22H,1-4,7-9,11-12H2,(H,20,21). The molecular formula is C18H26N2O2. The number of aryl methyl sites for hydroxylation is 2. The van der Waals surface area contributed by atoms with Crippen LogP contribution in [0, 0.1) is 11.8 Å². The van der Waals surface area contributed by atoms with Crippen LogP contribution >= 0.6 is 0 Å². The minimum absolute atomic E-state index is 0.0864. The molecule has 3 N–H and O–H groups in total. The van der Waals surface area contributed by atoms with Gasteiger partial charge in [0.05, 0.1) is 0 Å². The van der Waals surface area contributed by atoms with Crippen molar-refractivity contribution in [1.82, 2.24) is 10.8 Å². The van der Waals surface area contributed by atoms with Crippen molar-refractivity contribution in [1.29, 1.82) is 0 Å². The number of rotatable bonds is 4. The van der Waals surface area contributed by atoms with Gasteiger partial charge in [-0.25, -0.2) is 5.48 Å². The van der Waals surface area contributed by atoms with E-state index >= 15 is 0 Å². The Morgan fingerprint density at radius 3 is 3.00 bits per heavy atom. The van der Waals surface area contributed by atoms with E-state index in [0.717, 1.165) is 31.6 Å². The van der Waals surface area contributed by atoms with Gasteiger partial charge in [0.1, 0.15) is 0 Å². The number of hydrogen-bond acceptors (Lipinski definition) is 3. The first kappa shape index (κ1) is 15.5. The number of benzene rings is 1. The van der Waals surface area contributed by atoms with E-state index in [1.165, 1.54) is 49.0 Å². The van der Waals surface area contributed by atoms with E-state index < -0.39 is 0 Å². The summed E-state index contributed by atoms with van der Waals surface area (Å²) in [5, 5.41) is 12.3. The number of amides is 1. The van der Waals surface area contributed by atoms with E-state index in [2.05, 4.69) is 23.5 Å². The van der Waals surface area contributed by atoms with Gasteiger partial charge in [-0.3, -0.25) is 10.0 Å². The lowest BCUT2D eigenvalue weighted by Crippen LogP contribution is -2.32. The zero-order chi connectivity index (χ0) is 15.4. The van der Waals surface area contributed by atoms with Crippen molar-refractivity contribution in [2.24, 2.45) is 11.8 Å². The van der Waals surface area contributed by atoms with Crippen LogP contribution in [0.2, 0.25) is 0 Å². The third-order valence-electron chi connectivity index (χ3n) is 5.22. The van der Waals surface area contributed by atoms with Gasteiger partial charge in [0, 0.05) is 5.92 Å². The van der Waals surface area contributed by atoms with Crippen molar-refractivity contribution in [2.75, 3.05) is 13.1 Å². The van der Waals surface area contributed by atoms with E-state index in [4.69, 9.17) is 5.21 Å². The molecule has 3 rings (SSSR count). The monoisotopic (exact) mass is 302 g/mol. The van der Waals surface area contributed by atoms with Crippen molar-refractivity contribution < 1.29 is 10.0 Å². The summed E-state index contributed by atoms with van der Waals surface area (Å²) in [6, 6.07) is 6.73. The Morgan fingerprint density at radius 1 is 1.32 bits per heavy atom. The second-order valence-electron chi connectivity index (χ2n) is 6.77. The highest BCUT2D eigenvalue weighted by Crippen LogP contribution is 2.27. The molecule has 4 heteroatoms. The van der Waals surface area contributed by atoms with Gasteiger partial charge in [-0.1, -0.05) is 18.2 Å². The van der Waals surface area contributed by atoms with Gasteiger partial charge in [0.2, 0.25) is 5.91 Å². The maximum Gasteiger partial charge on any atom is 0.246 e. The summed E-state index contributed by atoms with van der Waals surface area (Å²) in [5.41, 5.74) is 5.87. The minimum Gasteiger partial charge on any atom is -0.316 e. The zero-order valence-electron chi connectivity index (χ0n) is 13.1. The van der Waals surface area contributed by atoms with Gasteiger partial charge < -0.3 is 5.32 Å². The molecule has 0 spiro atoms. The molecule has 2 unspecified atom stereocenters. The molecule has 2 atom stereocenters. The van der Waals surface area contributed by atoms with Crippen LogP contribution in [0.5, 0.6) is 0 Å². The van der Waals surface area contributed by atoms with E-state index in [9.17, 15) is 4.79 Å². The van der Waals surface area contributed by atoms with E-state index in [1.54, 1.807) is 5.48 Å². The molecule has 1 heterocycles. The van der Waals surface area contributed by atoms with Crippen LogP contribution in [-0.4, -0.2) is 24.2 Å². The molecule has 2 aliphatic rings. The Balaban J connectivity index is 1.58. The summed E-state index contributed by atoms with van der Waals surface area (Å²) < 4.78 is 0. The molecule has 120 valence electrons. The SMILES string of the molecule is O=C(NO)C1CCc2cc(CCC3CCCNC3)ccc2C1. The topological polar surface area (TPSA) is 61.4 Å². The second kappa shape index (κ2) is 7.25. The molecular weight excluding hydrogens is 276 g/mol. The van der Waals surface area contributed by atoms with Gasteiger partial charge in [0.25, 0.3) is 0 Å². The molecule has 22 heavy (non-hydrogen) atoms. The third-order valence-corrected chi connectivity index (χ3v) is 5.22. The smallest absolute Gasteiger partial charge is 0.246 e. The maximum atomic E-state index is 11.6. The van der Waals surface area contributed by atoms with Gasteiger partial charge in [0.15, 0.2) is 0 Å². The zero-order valence-corrected chi connectivity index (χ0v) is 13.1. The molecule has 4 nitrogen and oxygen atoms in total. The normalized spacial score (nSPS) is 24.6. The number of nitrogens with one attached hydrogen (secondary N) is 2. The number of hydroxylamine groups is 1. The van der Waals surface area contributed by atoms with Crippen molar-refractivity contribution in [2.45, 2.75) is 44.9 Å². The largest absolute Gasteiger partial charge is 0.316 e. The Labute approximate surface area is 132 Å². The van der Waals surface area contributed by atoms with Crippen LogP contribution in [0.15, 0.2) is 18.2 Å². The quantitative estimate of drug-likeness (QED) is 0.590. The maximum absolute atomic E-state index is 11.6. The fraction of sp³-hybridized carbons (Fsp3) is 0.611. The van der Waals surface area contributed by atoms with Crippen LogP contribution in [-0.2, 0) is 24.1 Å². The molecule has 1 aromatic rings. The van der Waals surface area contributed by atoms with Crippen molar-refractivity contribution in [3.8, 4) is 0 Å². The summed E-state index contributed by atoms with van der Waals surface area (Å²) in [5.74, 6) is 0.485. The predicted molar refractivity (Wildman–Crippen MR) is 85.8 cm³/mol. The van der Waals surface area contributed by atoms with E-state index in [0.29, 0.717) is 0 Å². The van der Waals surface area contributed by atoms with Crippen LogP contribution in [0.1, 0.15) is 42.4 Å². The molecule has 1 aromatic carbocycles. The number of fused-ring (bicyclic) bond motifs is 1. The van der Waals surface area contributed by atoms with Gasteiger partial charge in [-0.05, 0) is 80.6 Å². The van der Waals surface area contributed by atoms with Crippen LogP contribution < -0.4 is 10.8 Å². The number of carbonyl (C=O) groups excluding carboxylic acids is 1. The molecule has 1 saturated heterocycles. The Bertz CT molecular complexity index is 524. The highest BCUT2D eigenvalue weighted by atomic mass is 16.5. The summed E-state index contributed by atoms with van der Waals surface area (Å²) in [4.78, 5) is 11.6. The molecule has 0 saturated carbocycles. The lowest BCUT2D eigenvalue weighted by Gasteiger charge is -2.24. The fourth-order valence-corrected chi connectivity index (χ4v) is 3.82. The molecule has 1 aliphatic carbocycles. The average molecular weight is 302 g/mol. The summed E-state index contributed by atoms with van der Waals surface area (Å²) in [6.45, 7) is 2.35. The molecule has 1 fully saturated rings. The van der Waals surface area contributed by atoms with Crippen molar-refractivity contribution >= 4 is 5.91 Å². The first-order valence-electron chi connectivity index (χ1n) is 8.51. The second-order valence-corrected chi connectivity index (χ2v) is 6.77. The Kier molecular flexibility index (Phi) is 5.11. The number of piperidine rings is 1. The van der Waals surface area contributed by atoms with Crippen LogP contribution in [0.4, 0.5) is 0 Å². The third kappa shape index (κ3) is 3.68. The summed E-state index contributed by atoms with van der Waals surface area (Å²) >= 11 is 0. The van der Waals surface area contributed by atoms with Crippen LogP contribution in [0.3, 0.4) is 0 Å². The lowest BCUT2D eigenvalue weighted by atomic mass is 9.82. The predicted octanol–water partition coefficient (Wildman–Crippen LogP) is 2.23. The summed E-state index contributed by atoms with van der Waals surface area (Å²) in [6.07, 6.45) is 7.59. The minimum atomic E-state index is -0.250. The molecule has 0 radical (unpaired) electrons. The van der Waals surface area contributed by atoms with Crippen molar-refractivity contribution in [3.05, 3.63) is 34.9 Å². The first-order valence-corrected chi connectivity index (χ1v) is 8.51. The summed E-state index contributed by atoms with van der Waals surface area (Å²) in [7, 11) is 0. The highest BCUT2D eigenvalue weighted by Gasteiger charge is 2.24. The molecule has 0 bridgehead atoms. The fourth-order valence-electron chi connectivity index (χ4n) is 3.82. The van der Waals surface area contributed by atoms with Gasteiger partial charge in [-0.2, -0.15) is 0 Å².